The molecular formula is C15H20N4. The summed E-state index contributed by atoms with van der Waals surface area (Å²) in [4.78, 5) is 7.08. The van der Waals surface area contributed by atoms with Crippen molar-refractivity contribution in [3.8, 4) is 0 Å². The number of nitrogen functional groups attached to an aromatic ring is 1. The highest BCUT2D eigenvalue weighted by Gasteiger charge is 2.13. The summed E-state index contributed by atoms with van der Waals surface area (Å²) in [7, 11) is 0. The third-order valence-electron chi connectivity index (χ3n) is 3.83. The summed E-state index contributed by atoms with van der Waals surface area (Å²) in [6, 6.07) is 8.50. The molecule has 100 valence electrons. The molecular weight excluding hydrogens is 236 g/mol. The van der Waals surface area contributed by atoms with E-state index in [0.29, 0.717) is 0 Å². The zero-order valence-electron chi connectivity index (χ0n) is 11.3. The molecule has 2 heterocycles. The number of nitrogens with two attached hydrogens (primary N) is 1. The molecule has 0 atom stereocenters. The zero-order chi connectivity index (χ0) is 13.2. The van der Waals surface area contributed by atoms with Gasteiger partial charge in [0.15, 0.2) is 0 Å². The van der Waals surface area contributed by atoms with Gasteiger partial charge >= 0.3 is 0 Å². The van der Waals surface area contributed by atoms with Crippen molar-refractivity contribution < 1.29 is 0 Å². The van der Waals surface area contributed by atoms with E-state index in [4.69, 9.17) is 5.84 Å². The first-order valence-corrected chi connectivity index (χ1v) is 6.97. The lowest BCUT2D eigenvalue weighted by molar-refractivity contribution is 0.949. The minimum Gasteiger partial charge on any atom is -0.372 e. The van der Waals surface area contributed by atoms with Crippen molar-refractivity contribution in [2.75, 3.05) is 23.4 Å². The summed E-state index contributed by atoms with van der Waals surface area (Å²) in [6.07, 6.45) is 3.48. The molecule has 4 nitrogen and oxygen atoms in total. The van der Waals surface area contributed by atoms with Gasteiger partial charge in [0.05, 0.1) is 11.2 Å². The Morgan fingerprint density at radius 3 is 2.74 bits per heavy atom. The van der Waals surface area contributed by atoms with Crippen LogP contribution in [0, 0.1) is 0 Å². The monoisotopic (exact) mass is 256 g/mol. The molecule has 4 heteroatoms. The van der Waals surface area contributed by atoms with Crippen LogP contribution in [0.4, 0.5) is 11.4 Å². The number of aromatic nitrogens is 1. The third kappa shape index (κ3) is 2.24. The summed E-state index contributed by atoms with van der Waals surface area (Å²) in [5.41, 5.74) is 7.11. The number of hydrogen-bond donors (Lipinski definition) is 2. The Labute approximate surface area is 113 Å². The molecule has 1 aromatic heterocycles. The number of fused-ring (bicyclic) bond motifs is 1. The van der Waals surface area contributed by atoms with E-state index in [1.54, 1.807) is 0 Å². The Morgan fingerprint density at radius 1 is 1.26 bits per heavy atom. The Morgan fingerprint density at radius 2 is 2.05 bits per heavy atom. The van der Waals surface area contributed by atoms with Crippen molar-refractivity contribution in [3.05, 3.63) is 30.0 Å². The Kier molecular flexibility index (Phi) is 3.25. The maximum absolute atomic E-state index is 5.65. The Bertz CT molecular complexity index is 588. The van der Waals surface area contributed by atoms with Gasteiger partial charge in [0.1, 0.15) is 0 Å². The van der Waals surface area contributed by atoms with Gasteiger partial charge in [-0.05, 0) is 43.5 Å². The van der Waals surface area contributed by atoms with Gasteiger partial charge < -0.3 is 10.3 Å². The van der Waals surface area contributed by atoms with Gasteiger partial charge in [-0.2, -0.15) is 0 Å². The number of pyridine rings is 1. The standard InChI is InChI=1S/C15H20N4/c1-2-11-9-15(18-16)13-10-12(5-6-14(13)17-11)19-7-3-4-8-19/h5-6,9-10H,2-4,7-8,16H2,1H3,(H,17,18). The number of aryl methyl sites for hydroxylation is 1. The number of benzene rings is 1. The van der Waals surface area contributed by atoms with E-state index in [9.17, 15) is 0 Å². The van der Waals surface area contributed by atoms with E-state index >= 15 is 0 Å². The highest BCUT2D eigenvalue weighted by atomic mass is 15.2. The van der Waals surface area contributed by atoms with Crippen molar-refractivity contribution in [2.24, 2.45) is 5.84 Å². The van der Waals surface area contributed by atoms with Gasteiger partial charge in [0.2, 0.25) is 0 Å². The summed E-state index contributed by atoms with van der Waals surface area (Å²) < 4.78 is 0. The second-order valence-electron chi connectivity index (χ2n) is 5.05. The lowest BCUT2D eigenvalue weighted by atomic mass is 10.1. The maximum atomic E-state index is 5.65. The van der Waals surface area contributed by atoms with Crippen LogP contribution in [0.15, 0.2) is 24.3 Å². The third-order valence-corrected chi connectivity index (χ3v) is 3.83. The highest BCUT2D eigenvalue weighted by molar-refractivity contribution is 5.93. The molecule has 1 aliphatic rings. The number of nitrogens with one attached hydrogen (secondary N) is 1. The van der Waals surface area contributed by atoms with Crippen LogP contribution in [0.25, 0.3) is 10.9 Å². The van der Waals surface area contributed by atoms with E-state index in [-0.39, 0.29) is 0 Å². The quantitative estimate of drug-likeness (QED) is 0.655. The molecule has 0 spiro atoms. The number of nitrogens with zero attached hydrogens (tertiary/aromatic N) is 2. The maximum Gasteiger partial charge on any atom is 0.0728 e. The number of anilines is 2. The first-order chi connectivity index (χ1) is 9.31. The largest absolute Gasteiger partial charge is 0.372 e. The van der Waals surface area contributed by atoms with E-state index in [1.165, 1.54) is 18.5 Å². The summed E-state index contributed by atoms with van der Waals surface area (Å²) in [5, 5.41) is 1.10. The summed E-state index contributed by atoms with van der Waals surface area (Å²) in [6.45, 7) is 4.40. The van der Waals surface area contributed by atoms with Crippen molar-refractivity contribution in [3.63, 3.8) is 0 Å². The molecule has 3 rings (SSSR count). The normalized spacial score (nSPS) is 15.2. The van der Waals surface area contributed by atoms with Gasteiger partial charge in [-0.15, -0.1) is 0 Å². The molecule has 0 radical (unpaired) electrons. The van der Waals surface area contributed by atoms with Crippen LogP contribution in [-0.2, 0) is 6.42 Å². The van der Waals surface area contributed by atoms with Crippen LogP contribution < -0.4 is 16.2 Å². The average Bonchev–Trinajstić information content (AvgIpc) is 2.99. The predicted molar refractivity (Wildman–Crippen MR) is 80.4 cm³/mol. The van der Waals surface area contributed by atoms with Crippen LogP contribution in [-0.4, -0.2) is 18.1 Å². The first-order valence-electron chi connectivity index (χ1n) is 6.97. The molecule has 1 aromatic carbocycles. The smallest absolute Gasteiger partial charge is 0.0728 e. The SMILES string of the molecule is CCc1cc(NN)c2cc(N3CCCC3)ccc2n1. The van der Waals surface area contributed by atoms with Crippen LogP contribution in [0.5, 0.6) is 0 Å². The highest BCUT2D eigenvalue weighted by Crippen LogP contribution is 2.29. The topological polar surface area (TPSA) is 54.2 Å². The first kappa shape index (κ1) is 12.2. The molecule has 19 heavy (non-hydrogen) atoms. The van der Waals surface area contributed by atoms with Crippen LogP contribution in [0.3, 0.4) is 0 Å². The number of hydrogen-bond acceptors (Lipinski definition) is 4. The van der Waals surface area contributed by atoms with Crippen molar-refractivity contribution in [1.29, 1.82) is 0 Å². The van der Waals surface area contributed by atoms with Gasteiger partial charge in [-0.25, -0.2) is 0 Å². The number of rotatable bonds is 3. The fourth-order valence-electron chi connectivity index (χ4n) is 2.74. The average molecular weight is 256 g/mol. The Balaban J connectivity index is 2.10. The van der Waals surface area contributed by atoms with E-state index < -0.39 is 0 Å². The van der Waals surface area contributed by atoms with Crippen molar-refractivity contribution in [1.82, 2.24) is 4.98 Å². The van der Waals surface area contributed by atoms with E-state index in [2.05, 4.69) is 40.4 Å². The number of hydrazine groups is 1. The predicted octanol–water partition coefficient (Wildman–Crippen LogP) is 2.68. The second-order valence-corrected chi connectivity index (χ2v) is 5.05. The van der Waals surface area contributed by atoms with Gasteiger partial charge in [-0.3, -0.25) is 10.8 Å². The summed E-state index contributed by atoms with van der Waals surface area (Å²) >= 11 is 0. The fraction of sp³-hybridized carbons (Fsp3) is 0.400. The molecule has 3 N–H and O–H groups in total. The Hall–Kier alpha value is -1.81. The van der Waals surface area contributed by atoms with Gasteiger partial charge in [0.25, 0.3) is 0 Å². The molecule has 0 saturated carbocycles. The lowest BCUT2D eigenvalue weighted by Crippen LogP contribution is -2.17. The summed E-state index contributed by atoms with van der Waals surface area (Å²) in [5.74, 6) is 5.65. The van der Waals surface area contributed by atoms with Crippen LogP contribution in [0.2, 0.25) is 0 Å². The van der Waals surface area contributed by atoms with E-state index in [0.717, 1.165) is 41.8 Å². The fourth-order valence-corrected chi connectivity index (χ4v) is 2.74. The molecule has 0 bridgehead atoms. The minimum absolute atomic E-state index is 0.915. The molecule has 2 aromatic rings. The molecule has 1 saturated heterocycles. The minimum atomic E-state index is 0.915. The van der Waals surface area contributed by atoms with E-state index in [1.807, 2.05) is 6.07 Å². The molecule has 0 amide bonds. The van der Waals surface area contributed by atoms with Gasteiger partial charge in [-0.1, -0.05) is 6.92 Å². The molecule has 0 unspecified atom stereocenters. The molecule has 1 aliphatic heterocycles. The zero-order valence-corrected chi connectivity index (χ0v) is 11.3. The van der Waals surface area contributed by atoms with Crippen molar-refractivity contribution in [2.45, 2.75) is 26.2 Å². The van der Waals surface area contributed by atoms with Gasteiger partial charge in [0, 0.05) is 29.9 Å². The molecule has 0 aliphatic carbocycles. The lowest BCUT2D eigenvalue weighted by Gasteiger charge is -2.18. The van der Waals surface area contributed by atoms with Crippen LogP contribution in [0.1, 0.15) is 25.5 Å². The second kappa shape index (κ2) is 5.05. The van der Waals surface area contributed by atoms with Crippen LogP contribution >= 0.6 is 0 Å². The van der Waals surface area contributed by atoms with Crippen molar-refractivity contribution >= 4 is 22.3 Å². The molecule has 1 fully saturated rings.